The molecule has 3 heterocycles. The predicted molar refractivity (Wildman–Crippen MR) is 305 cm³/mol. The highest BCUT2D eigenvalue weighted by Crippen LogP contribution is 2.48. The summed E-state index contributed by atoms with van der Waals surface area (Å²) in [5, 5.41) is 87.9. The number of likely N-dealkylation sites (N-methyl/N-ethyl adjacent to an activating group) is 1. The Labute approximate surface area is 496 Å². The Hall–Kier alpha value is -8.43. The molecule has 3 aliphatic rings. The number of aliphatic carboxylic acids is 1. The van der Waals surface area contributed by atoms with Gasteiger partial charge in [-0.3, -0.25) is 28.8 Å². The minimum atomic E-state index is -1.91. The van der Waals surface area contributed by atoms with Gasteiger partial charge in [-0.1, -0.05) is 55.2 Å². The van der Waals surface area contributed by atoms with Crippen LogP contribution in [0.3, 0.4) is 0 Å². The van der Waals surface area contributed by atoms with Crippen molar-refractivity contribution >= 4 is 64.6 Å². The zero-order chi connectivity index (χ0) is 62.1. The number of hydrogen-bond acceptors (Lipinski definition) is 18. The van der Waals surface area contributed by atoms with Crippen LogP contribution in [0.1, 0.15) is 92.5 Å². The number of hydrogen-bond donors (Lipinski definition) is 14. The van der Waals surface area contributed by atoms with Gasteiger partial charge >= 0.3 is 5.97 Å². The van der Waals surface area contributed by atoms with Crippen LogP contribution in [0.25, 0.3) is 11.1 Å². The number of carboxylic acids is 1. The fraction of sp³-hybridized carbons (Fsp3) is 0.362. The lowest BCUT2D eigenvalue weighted by Gasteiger charge is -2.33. The zero-order valence-corrected chi connectivity index (χ0v) is 47.8. The molecule has 454 valence electrons. The molecule has 4 bridgehead atoms. The van der Waals surface area contributed by atoms with Crippen molar-refractivity contribution in [1.29, 1.82) is 0 Å². The molecule has 6 amide bonds. The van der Waals surface area contributed by atoms with Gasteiger partial charge in [-0.05, 0) is 110 Å². The Morgan fingerprint density at radius 3 is 2.20 bits per heavy atom. The lowest BCUT2D eigenvalue weighted by Crippen LogP contribution is -2.57. The third kappa shape index (κ3) is 16.1. The maximum absolute atomic E-state index is 14.0. The fourth-order valence-corrected chi connectivity index (χ4v) is 10.1. The van der Waals surface area contributed by atoms with Crippen LogP contribution < -0.4 is 52.3 Å². The van der Waals surface area contributed by atoms with Crippen LogP contribution in [0.5, 0.6) is 46.0 Å². The van der Waals surface area contributed by atoms with Gasteiger partial charge in [-0.15, -0.1) is 0 Å². The van der Waals surface area contributed by atoms with Gasteiger partial charge in [0.05, 0.1) is 41.3 Å². The van der Waals surface area contributed by atoms with E-state index >= 15 is 0 Å². The number of ether oxygens (including phenoxy) is 4. The summed E-state index contributed by atoms with van der Waals surface area (Å²) in [7, 11) is 1.56. The SMILES string of the molecule is CN[C@H](CC(C)C)C(=O)N[C@H]1C(=O)N[C@@H](C)C(=O)NC(C(N)=O)c2cc(Oc3ccc(CCC(=O)N[C@H](C(=O)O)c4cc(O)cc(O)c4-c4cc(CC(N)=O)ccc4O)cc3Cl)c(O[C@H]3C[C@@H](O)CC(CO)O3)c(c2)Oc2ccc(cc2Cl)[C@H]1O. The minimum Gasteiger partial charge on any atom is -0.508 e. The number of aryl methyl sites for hydroxylation is 1. The molecule has 27 heteroatoms. The standard InChI is InChI=1S/C58H65Cl2N7O18/c1-25(2)13-38(63-4)56(78)67-51-52(75)29-8-11-42(37(60)17-29)84-44-19-30(49(54(62)76)66-55(77)26(3)64-57(51)79)18-43(53(44)85-47-23-31(69)20-33(24-68)82-47)83-41-10-6-27(15-36(41)59)7-12-46(74)65-50(58(80)81)35-21-32(70)22-40(72)48(35)34-14-28(16-45(61)73)5-9-39(34)71/h5-6,8-11,14-15,17-19,21-22,25-26,31,33,38,47,49-52,63,68-72,75H,7,12-13,16,20,23-24H2,1-4H3,(H2,61,73)(H2,62,76)(H,64,79)(H,65,74)(H,66,77)(H,67,78)(H,80,81)/t26-,31-,33?,38+,47-,49?,50-,51+,52+/m0/s1. The van der Waals surface area contributed by atoms with Gasteiger partial charge in [-0.2, -0.15) is 0 Å². The number of aliphatic hydroxyl groups excluding tert-OH is 3. The van der Waals surface area contributed by atoms with Crippen molar-refractivity contribution < 1.29 is 88.3 Å². The van der Waals surface area contributed by atoms with E-state index in [-0.39, 0.29) is 105 Å². The molecular weight excluding hydrogens is 1150 g/mol. The summed E-state index contributed by atoms with van der Waals surface area (Å²) >= 11 is 13.7. The van der Waals surface area contributed by atoms with Crippen LogP contribution in [0, 0.1) is 5.92 Å². The van der Waals surface area contributed by atoms with Gasteiger partial charge in [0.15, 0.2) is 17.5 Å². The number of nitrogens with two attached hydrogens (primary N) is 2. The first-order valence-electron chi connectivity index (χ1n) is 26.7. The van der Waals surface area contributed by atoms with Crippen LogP contribution in [-0.4, -0.2) is 127 Å². The maximum Gasteiger partial charge on any atom is 0.330 e. The second-order valence-electron chi connectivity index (χ2n) is 20.9. The van der Waals surface area contributed by atoms with E-state index in [4.69, 9.17) is 53.6 Å². The molecular formula is C58H65Cl2N7O18. The Bertz CT molecular complexity index is 3370. The lowest BCUT2D eigenvalue weighted by atomic mass is 9.91. The van der Waals surface area contributed by atoms with Gasteiger partial charge in [0.1, 0.15) is 53.0 Å². The molecule has 1 fully saturated rings. The van der Waals surface area contributed by atoms with Crippen LogP contribution in [0.4, 0.5) is 0 Å². The van der Waals surface area contributed by atoms with E-state index in [0.717, 1.165) is 12.1 Å². The summed E-state index contributed by atoms with van der Waals surface area (Å²) in [6.07, 6.45) is -5.39. The number of carboxylic acid groups (broad SMARTS) is 1. The van der Waals surface area contributed by atoms with Crippen molar-refractivity contribution in [1.82, 2.24) is 26.6 Å². The largest absolute Gasteiger partial charge is 0.508 e. The molecule has 5 aromatic rings. The summed E-state index contributed by atoms with van der Waals surface area (Å²) in [5.74, 6) is -9.47. The highest BCUT2D eigenvalue weighted by Gasteiger charge is 2.37. The first-order chi connectivity index (χ1) is 40.2. The predicted octanol–water partition coefficient (Wildman–Crippen LogP) is 3.81. The van der Waals surface area contributed by atoms with Crippen LogP contribution in [0.15, 0.2) is 78.9 Å². The average molecular weight is 1220 g/mol. The number of nitrogens with one attached hydrogen (secondary N) is 5. The molecule has 8 rings (SSSR count). The normalized spacial score (nSPS) is 20.5. The molecule has 0 spiro atoms. The summed E-state index contributed by atoms with van der Waals surface area (Å²) < 4.78 is 25.2. The number of carbonyl (C=O) groups excluding carboxylic acids is 6. The number of rotatable bonds is 20. The number of benzene rings is 5. The van der Waals surface area contributed by atoms with Crippen molar-refractivity contribution in [3.63, 3.8) is 0 Å². The molecule has 25 nitrogen and oxygen atoms in total. The minimum absolute atomic E-state index is 0.0327. The highest BCUT2D eigenvalue weighted by atomic mass is 35.5. The number of aromatic hydroxyl groups is 3. The van der Waals surface area contributed by atoms with Crippen molar-refractivity contribution in [2.45, 2.75) is 114 Å². The number of carbonyl (C=O) groups is 7. The Morgan fingerprint density at radius 1 is 0.824 bits per heavy atom. The highest BCUT2D eigenvalue weighted by molar-refractivity contribution is 6.32. The summed E-state index contributed by atoms with van der Waals surface area (Å²) in [5.41, 5.74) is 11.3. The van der Waals surface area contributed by atoms with Gasteiger partial charge in [0.2, 0.25) is 47.5 Å². The van der Waals surface area contributed by atoms with E-state index in [9.17, 15) is 69.3 Å². The number of primary amides is 2. The third-order valence-electron chi connectivity index (χ3n) is 13.8. The molecule has 0 aromatic heterocycles. The first kappa shape index (κ1) is 64.1. The Kier molecular flexibility index (Phi) is 21.1. The Balaban J connectivity index is 1.23. The monoisotopic (exact) mass is 1220 g/mol. The molecule has 0 aliphatic carbocycles. The van der Waals surface area contributed by atoms with E-state index in [1.807, 2.05) is 13.8 Å². The maximum atomic E-state index is 14.0. The average Bonchev–Trinajstić information content (AvgIpc) is 2.07. The molecule has 85 heavy (non-hydrogen) atoms. The van der Waals surface area contributed by atoms with Gasteiger partial charge < -0.3 is 92.7 Å². The van der Waals surface area contributed by atoms with Crippen molar-refractivity contribution in [2.75, 3.05) is 13.7 Å². The quantitative estimate of drug-likeness (QED) is 0.0527. The summed E-state index contributed by atoms with van der Waals surface area (Å²) in [6, 6.07) is 9.05. The molecule has 0 saturated carbocycles. The first-order valence-corrected chi connectivity index (χ1v) is 27.5. The van der Waals surface area contributed by atoms with E-state index in [2.05, 4.69) is 26.6 Å². The molecule has 3 aliphatic heterocycles. The zero-order valence-electron chi connectivity index (χ0n) is 46.3. The lowest BCUT2D eigenvalue weighted by molar-refractivity contribution is -0.185. The van der Waals surface area contributed by atoms with E-state index < -0.39 is 120 Å². The molecule has 9 atom stereocenters. The summed E-state index contributed by atoms with van der Waals surface area (Å²) in [6.45, 7) is 4.58. The van der Waals surface area contributed by atoms with Crippen molar-refractivity contribution in [3.05, 3.63) is 117 Å². The van der Waals surface area contributed by atoms with Gasteiger partial charge in [0, 0.05) is 42.0 Å². The number of halogens is 2. The number of fused-ring (bicyclic) bond motifs is 9. The van der Waals surface area contributed by atoms with Crippen LogP contribution >= 0.6 is 23.2 Å². The van der Waals surface area contributed by atoms with Crippen molar-refractivity contribution in [3.8, 4) is 57.1 Å². The van der Waals surface area contributed by atoms with E-state index in [0.29, 0.717) is 17.5 Å². The topological polar surface area (TPSA) is 410 Å². The van der Waals surface area contributed by atoms with Crippen molar-refractivity contribution in [2.24, 2.45) is 17.4 Å². The smallest absolute Gasteiger partial charge is 0.330 e. The molecule has 0 radical (unpaired) electrons. The number of aliphatic hydroxyl groups is 3. The number of amides is 6. The summed E-state index contributed by atoms with van der Waals surface area (Å²) in [4.78, 5) is 93.1. The number of phenols is 3. The van der Waals surface area contributed by atoms with Gasteiger partial charge in [0.25, 0.3) is 0 Å². The van der Waals surface area contributed by atoms with Crippen LogP contribution in [0.2, 0.25) is 10.0 Å². The molecule has 16 N–H and O–H groups in total. The molecule has 2 unspecified atom stereocenters. The Morgan fingerprint density at radius 2 is 1.55 bits per heavy atom. The van der Waals surface area contributed by atoms with E-state index in [1.165, 1.54) is 73.7 Å². The molecule has 1 saturated heterocycles. The number of phenolic OH excluding ortho intramolecular Hbond substituents is 3. The van der Waals surface area contributed by atoms with Crippen LogP contribution in [-0.2, 0) is 51.1 Å². The van der Waals surface area contributed by atoms with Gasteiger partial charge in [-0.25, -0.2) is 4.79 Å². The third-order valence-corrected chi connectivity index (χ3v) is 14.4. The second-order valence-corrected chi connectivity index (χ2v) is 21.7. The van der Waals surface area contributed by atoms with E-state index in [1.54, 1.807) is 7.05 Å². The molecule has 5 aromatic carbocycles. The fourth-order valence-electron chi connectivity index (χ4n) is 9.64. The second kappa shape index (κ2) is 28.0.